The van der Waals surface area contributed by atoms with E-state index >= 15 is 0 Å². The van der Waals surface area contributed by atoms with Gasteiger partial charge >= 0.3 is 5.97 Å². The Morgan fingerprint density at radius 3 is 2.53 bits per heavy atom. The van der Waals surface area contributed by atoms with Crippen LogP contribution in [0, 0.1) is 0 Å². The van der Waals surface area contributed by atoms with Crippen molar-refractivity contribution >= 4 is 15.8 Å². The number of rotatable bonds is 7. The Balaban J connectivity index is 4.02. The summed E-state index contributed by atoms with van der Waals surface area (Å²) in [6.45, 7) is 4.45. The molecule has 1 N–H and O–H groups in total. The van der Waals surface area contributed by atoms with Gasteiger partial charge in [-0.3, -0.25) is 4.79 Å². The first-order chi connectivity index (χ1) is 6.91. The van der Waals surface area contributed by atoms with E-state index in [4.69, 9.17) is 0 Å². The Hall–Kier alpha value is -0.620. The van der Waals surface area contributed by atoms with Gasteiger partial charge in [-0.05, 0) is 13.5 Å². The highest BCUT2D eigenvalue weighted by atomic mass is 32.2. The third-order valence-electron chi connectivity index (χ3n) is 1.90. The van der Waals surface area contributed by atoms with Crippen LogP contribution in [-0.2, 0) is 19.4 Å². The van der Waals surface area contributed by atoms with E-state index in [1.807, 2.05) is 6.92 Å². The summed E-state index contributed by atoms with van der Waals surface area (Å²) in [6.07, 6.45) is -0.0717. The molecule has 0 amide bonds. The standard InChI is InChI=1S/C9H19NO4S/c1-4-10-8(2)7-15(12,13)6-5-9(11)14-3/h8,10H,4-7H2,1-3H3. The summed E-state index contributed by atoms with van der Waals surface area (Å²) in [6, 6.07) is -0.0855. The summed E-state index contributed by atoms with van der Waals surface area (Å²) in [5.41, 5.74) is 0. The highest BCUT2D eigenvalue weighted by molar-refractivity contribution is 7.91. The molecule has 1 atom stereocenters. The van der Waals surface area contributed by atoms with Crippen molar-refractivity contribution < 1.29 is 17.9 Å². The van der Waals surface area contributed by atoms with Crippen LogP contribution in [0.5, 0.6) is 0 Å². The van der Waals surface area contributed by atoms with Gasteiger partial charge in [0.1, 0.15) is 0 Å². The molecule has 0 rings (SSSR count). The molecule has 0 aromatic rings. The van der Waals surface area contributed by atoms with Crippen LogP contribution in [0.1, 0.15) is 20.3 Å². The van der Waals surface area contributed by atoms with Gasteiger partial charge in [0, 0.05) is 6.04 Å². The largest absolute Gasteiger partial charge is 0.469 e. The van der Waals surface area contributed by atoms with Crippen LogP contribution < -0.4 is 5.32 Å². The molecule has 0 heterocycles. The number of sulfone groups is 1. The predicted octanol–water partition coefficient (Wildman–Crippen LogP) is -0.0377. The Morgan fingerprint density at radius 2 is 2.07 bits per heavy atom. The number of methoxy groups -OCH3 is 1. The lowest BCUT2D eigenvalue weighted by Crippen LogP contribution is -2.34. The van der Waals surface area contributed by atoms with Gasteiger partial charge in [0.25, 0.3) is 0 Å². The monoisotopic (exact) mass is 237 g/mol. The molecule has 0 aliphatic carbocycles. The average molecular weight is 237 g/mol. The van der Waals surface area contributed by atoms with Crippen molar-refractivity contribution in [3.8, 4) is 0 Å². The summed E-state index contributed by atoms with van der Waals surface area (Å²) < 4.78 is 27.4. The molecule has 0 saturated carbocycles. The summed E-state index contributed by atoms with van der Waals surface area (Å²) >= 11 is 0. The first kappa shape index (κ1) is 14.4. The summed E-state index contributed by atoms with van der Waals surface area (Å²) in [5.74, 6) is -0.581. The van der Waals surface area contributed by atoms with E-state index in [0.717, 1.165) is 6.54 Å². The minimum atomic E-state index is -3.17. The van der Waals surface area contributed by atoms with Crippen LogP contribution in [0.2, 0.25) is 0 Å². The van der Waals surface area contributed by atoms with E-state index in [2.05, 4.69) is 10.1 Å². The summed E-state index contributed by atoms with van der Waals surface area (Å²) in [4.78, 5) is 10.8. The van der Waals surface area contributed by atoms with Gasteiger partial charge < -0.3 is 10.1 Å². The summed E-state index contributed by atoms with van der Waals surface area (Å²) in [5, 5.41) is 3.01. The van der Waals surface area contributed by atoms with Crippen molar-refractivity contribution in [1.29, 1.82) is 0 Å². The number of carbonyl (C=O) groups is 1. The number of hydrogen-bond acceptors (Lipinski definition) is 5. The van der Waals surface area contributed by atoms with Gasteiger partial charge in [0.2, 0.25) is 0 Å². The molecule has 5 nitrogen and oxygen atoms in total. The average Bonchev–Trinajstić information content (AvgIpc) is 2.13. The Morgan fingerprint density at radius 1 is 1.47 bits per heavy atom. The van der Waals surface area contributed by atoms with E-state index in [9.17, 15) is 13.2 Å². The molecule has 0 aromatic heterocycles. The molecule has 90 valence electrons. The highest BCUT2D eigenvalue weighted by Gasteiger charge is 2.17. The lowest BCUT2D eigenvalue weighted by atomic mass is 10.4. The molecule has 0 aromatic carbocycles. The lowest BCUT2D eigenvalue weighted by Gasteiger charge is -2.12. The first-order valence-corrected chi connectivity index (χ1v) is 6.74. The van der Waals surface area contributed by atoms with Crippen LogP contribution in [0.25, 0.3) is 0 Å². The minimum Gasteiger partial charge on any atom is -0.469 e. The molecule has 1 unspecified atom stereocenters. The molecule has 0 aliphatic heterocycles. The Labute approximate surface area is 91.1 Å². The van der Waals surface area contributed by atoms with Gasteiger partial charge in [-0.1, -0.05) is 6.92 Å². The first-order valence-electron chi connectivity index (χ1n) is 4.92. The molecule has 0 fully saturated rings. The van der Waals surface area contributed by atoms with E-state index in [0.29, 0.717) is 0 Å². The van der Waals surface area contributed by atoms with Gasteiger partial charge in [0.15, 0.2) is 9.84 Å². The van der Waals surface area contributed by atoms with Crippen molar-refractivity contribution in [3.05, 3.63) is 0 Å². The van der Waals surface area contributed by atoms with Crippen LogP contribution in [0.15, 0.2) is 0 Å². The molecule has 0 aliphatic rings. The third-order valence-corrected chi connectivity index (χ3v) is 3.74. The molecule has 0 radical (unpaired) electrons. The maximum Gasteiger partial charge on any atom is 0.306 e. The van der Waals surface area contributed by atoms with Crippen LogP contribution >= 0.6 is 0 Å². The fraction of sp³-hybridized carbons (Fsp3) is 0.889. The number of hydrogen-bond donors (Lipinski definition) is 1. The second-order valence-electron chi connectivity index (χ2n) is 3.40. The van der Waals surface area contributed by atoms with Gasteiger partial charge in [0.05, 0.1) is 25.0 Å². The number of ether oxygens (including phenoxy) is 1. The zero-order valence-electron chi connectivity index (χ0n) is 9.45. The second kappa shape index (κ2) is 6.79. The van der Waals surface area contributed by atoms with Crippen LogP contribution in [0.4, 0.5) is 0 Å². The van der Waals surface area contributed by atoms with Gasteiger partial charge in [-0.2, -0.15) is 0 Å². The normalized spacial score (nSPS) is 13.5. The predicted molar refractivity (Wildman–Crippen MR) is 58.4 cm³/mol. The SMILES string of the molecule is CCNC(C)CS(=O)(=O)CCC(=O)OC. The third kappa shape index (κ3) is 7.33. The molecular formula is C9H19NO4S. The fourth-order valence-electron chi connectivity index (χ4n) is 1.21. The van der Waals surface area contributed by atoms with Crippen LogP contribution in [-0.4, -0.2) is 45.6 Å². The molecule has 15 heavy (non-hydrogen) atoms. The van der Waals surface area contributed by atoms with E-state index in [1.54, 1.807) is 6.92 Å². The number of carbonyl (C=O) groups excluding carboxylic acids is 1. The topological polar surface area (TPSA) is 72.5 Å². The number of esters is 1. The molecule has 0 spiro atoms. The van der Waals surface area contributed by atoms with E-state index in [-0.39, 0.29) is 24.0 Å². The highest BCUT2D eigenvalue weighted by Crippen LogP contribution is 1.98. The van der Waals surface area contributed by atoms with Gasteiger partial charge in [-0.25, -0.2) is 8.42 Å². The van der Waals surface area contributed by atoms with Crippen LogP contribution in [0.3, 0.4) is 0 Å². The van der Waals surface area contributed by atoms with Crippen molar-refractivity contribution in [2.24, 2.45) is 0 Å². The zero-order valence-corrected chi connectivity index (χ0v) is 10.3. The molecule has 6 heteroatoms. The Kier molecular flexibility index (Phi) is 6.51. The maximum atomic E-state index is 11.5. The van der Waals surface area contributed by atoms with E-state index in [1.165, 1.54) is 7.11 Å². The summed E-state index contributed by atoms with van der Waals surface area (Å²) in [7, 11) is -1.93. The second-order valence-corrected chi connectivity index (χ2v) is 5.63. The number of nitrogens with one attached hydrogen (secondary N) is 1. The lowest BCUT2D eigenvalue weighted by molar-refractivity contribution is -0.140. The smallest absolute Gasteiger partial charge is 0.306 e. The van der Waals surface area contributed by atoms with Crippen molar-refractivity contribution in [1.82, 2.24) is 5.32 Å². The van der Waals surface area contributed by atoms with E-state index < -0.39 is 15.8 Å². The fourth-order valence-corrected chi connectivity index (χ4v) is 2.74. The maximum absolute atomic E-state index is 11.5. The minimum absolute atomic E-state index is 0.0534. The Bertz CT molecular complexity index is 286. The molecule has 0 bridgehead atoms. The zero-order chi connectivity index (χ0) is 11.9. The van der Waals surface area contributed by atoms with Crippen molar-refractivity contribution in [2.75, 3.05) is 25.2 Å². The molecular weight excluding hydrogens is 218 g/mol. The quantitative estimate of drug-likeness (QED) is 0.629. The van der Waals surface area contributed by atoms with Crippen molar-refractivity contribution in [2.45, 2.75) is 26.3 Å². The van der Waals surface area contributed by atoms with Gasteiger partial charge in [-0.15, -0.1) is 0 Å². The van der Waals surface area contributed by atoms with Crippen molar-refractivity contribution in [3.63, 3.8) is 0 Å². The molecule has 0 saturated heterocycles.